The topological polar surface area (TPSA) is 0 Å². The van der Waals surface area contributed by atoms with E-state index in [2.05, 4.69) is 96.9 Å². The summed E-state index contributed by atoms with van der Waals surface area (Å²) in [6, 6.07) is 0. The molecule has 0 heterocycles. The Labute approximate surface area is 206 Å². The van der Waals surface area contributed by atoms with Gasteiger partial charge in [0.1, 0.15) is 0 Å². The van der Waals surface area contributed by atoms with Gasteiger partial charge in [-0.05, 0) is 110 Å². The van der Waals surface area contributed by atoms with E-state index < -0.39 is 0 Å². The normalized spacial score (nSPS) is 73.7. The summed E-state index contributed by atoms with van der Waals surface area (Å²) in [4.78, 5) is 0. The van der Waals surface area contributed by atoms with E-state index in [9.17, 15) is 0 Å². The first-order valence-corrected chi connectivity index (χ1v) is 14.9. The van der Waals surface area contributed by atoms with Crippen molar-refractivity contribution >= 4 is 0 Å². The van der Waals surface area contributed by atoms with Crippen LogP contribution in [0.15, 0.2) is 0 Å². The maximum atomic E-state index is 2.87. The molecule has 0 bridgehead atoms. The molecule has 0 aromatic heterocycles. The Balaban J connectivity index is 1.60. The lowest BCUT2D eigenvalue weighted by Crippen LogP contribution is -2.97. The molecule has 6 fully saturated rings. The highest BCUT2D eigenvalue weighted by Gasteiger charge is 3.00. The van der Waals surface area contributed by atoms with E-state index in [0.717, 1.165) is 59.2 Å². The first-order chi connectivity index (χ1) is 14.9. The minimum absolute atomic E-state index is 0.431. The summed E-state index contributed by atoms with van der Waals surface area (Å²) in [6.45, 7) is 38.0. The minimum Gasteiger partial charge on any atom is -0.0622 e. The maximum absolute atomic E-state index is 2.87. The lowest BCUT2D eigenvalue weighted by Gasteiger charge is -3.00. The summed E-state index contributed by atoms with van der Waals surface area (Å²) in [7, 11) is 0. The average Bonchev–Trinajstić information content (AvgIpc) is 2.95. The van der Waals surface area contributed by atoms with Crippen LogP contribution in [0.1, 0.15) is 110 Å². The van der Waals surface area contributed by atoms with E-state index in [4.69, 9.17) is 0 Å². The van der Waals surface area contributed by atoms with Crippen molar-refractivity contribution in [2.75, 3.05) is 0 Å². The first kappa shape index (κ1) is 23.4. The molecule has 0 saturated heterocycles. The molecule has 33 heavy (non-hydrogen) atoms. The SMILES string of the molecule is CC1C(C)C2C(C)C(C)(C(C)C)C2(C)C2(C)C(C1C)C1C3C4(C)CCC(C)C4(C)C3(C)C12C. The van der Waals surface area contributed by atoms with Gasteiger partial charge in [0, 0.05) is 0 Å². The zero-order chi connectivity index (χ0) is 24.7. The van der Waals surface area contributed by atoms with Crippen molar-refractivity contribution in [2.45, 2.75) is 110 Å². The third kappa shape index (κ3) is 1.56. The third-order valence-corrected chi connectivity index (χ3v) is 18.2. The molecule has 0 heteroatoms. The molecular weight excluding hydrogens is 396 g/mol. The fraction of sp³-hybridized carbons (Fsp3) is 1.00. The van der Waals surface area contributed by atoms with E-state index >= 15 is 0 Å². The number of hydrogen-bond donors (Lipinski definition) is 0. The molecular formula is C33H56. The van der Waals surface area contributed by atoms with Gasteiger partial charge in [0.25, 0.3) is 0 Å². The zero-order valence-electron chi connectivity index (χ0n) is 24.7. The van der Waals surface area contributed by atoms with E-state index in [-0.39, 0.29) is 0 Å². The molecule has 16 unspecified atom stereocenters. The van der Waals surface area contributed by atoms with E-state index in [0.29, 0.717) is 37.9 Å². The van der Waals surface area contributed by atoms with Crippen LogP contribution in [0, 0.1) is 97.1 Å². The molecule has 6 aliphatic rings. The van der Waals surface area contributed by atoms with Crippen LogP contribution in [0.4, 0.5) is 0 Å². The summed E-state index contributed by atoms with van der Waals surface area (Å²) in [5.41, 5.74) is 3.42. The molecule has 6 saturated carbocycles. The number of hydrogen-bond acceptors (Lipinski definition) is 0. The lowest BCUT2D eigenvalue weighted by molar-refractivity contribution is -0.540. The molecule has 0 aliphatic heterocycles. The largest absolute Gasteiger partial charge is 0.0622 e. The summed E-state index contributed by atoms with van der Waals surface area (Å²) in [6.07, 6.45) is 2.95. The van der Waals surface area contributed by atoms with Crippen LogP contribution in [-0.4, -0.2) is 0 Å². The Kier molecular flexibility index (Phi) is 3.98. The van der Waals surface area contributed by atoms with Gasteiger partial charge in [0.15, 0.2) is 0 Å². The van der Waals surface area contributed by atoms with Gasteiger partial charge in [-0.2, -0.15) is 0 Å². The van der Waals surface area contributed by atoms with Crippen LogP contribution in [0.3, 0.4) is 0 Å². The van der Waals surface area contributed by atoms with Crippen molar-refractivity contribution in [3.05, 3.63) is 0 Å². The fourth-order valence-corrected chi connectivity index (χ4v) is 15.8. The van der Waals surface area contributed by atoms with Gasteiger partial charge in [0.05, 0.1) is 0 Å². The number of rotatable bonds is 1. The third-order valence-electron chi connectivity index (χ3n) is 18.2. The summed E-state index contributed by atoms with van der Waals surface area (Å²) in [5.74, 6) is 8.72. The minimum atomic E-state index is 0.431. The molecule has 0 aromatic rings. The van der Waals surface area contributed by atoms with Crippen LogP contribution in [0.5, 0.6) is 0 Å². The second kappa shape index (κ2) is 5.62. The molecule has 16 atom stereocenters. The van der Waals surface area contributed by atoms with Crippen LogP contribution in [0.2, 0.25) is 0 Å². The first-order valence-electron chi connectivity index (χ1n) is 14.9. The molecule has 6 rings (SSSR count). The predicted molar refractivity (Wildman–Crippen MR) is 141 cm³/mol. The molecule has 188 valence electrons. The van der Waals surface area contributed by atoms with E-state index in [1.165, 1.54) is 12.8 Å². The highest BCUT2D eigenvalue weighted by Crippen LogP contribution is 3.04. The average molecular weight is 453 g/mol. The Bertz CT molecular complexity index is 917. The maximum Gasteiger partial charge on any atom is -0.0165 e. The quantitative estimate of drug-likeness (QED) is 0.348. The van der Waals surface area contributed by atoms with Crippen molar-refractivity contribution < 1.29 is 0 Å². The van der Waals surface area contributed by atoms with Crippen molar-refractivity contribution in [1.29, 1.82) is 0 Å². The smallest absolute Gasteiger partial charge is 0.0165 e. The van der Waals surface area contributed by atoms with Gasteiger partial charge < -0.3 is 0 Å². The van der Waals surface area contributed by atoms with Crippen LogP contribution < -0.4 is 0 Å². The standard InChI is InChI=1S/C33H56/c1-17(2)28(9)22(7)23-20(5)19(4)21(6)24-25-26-27(8)16-15-18(3)29(27,10)33(26,14)32(25,13)31(24,12)30(23,28)11/h17-26H,15-16H2,1-14H3. The van der Waals surface area contributed by atoms with Crippen LogP contribution >= 0.6 is 0 Å². The van der Waals surface area contributed by atoms with Gasteiger partial charge in [-0.25, -0.2) is 0 Å². The summed E-state index contributed by atoms with van der Waals surface area (Å²) >= 11 is 0. The van der Waals surface area contributed by atoms with Gasteiger partial charge >= 0.3 is 0 Å². The Morgan fingerprint density at radius 2 is 1.09 bits per heavy atom. The Morgan fingerprint density at radius 1 is 0.576 bits per heavy atom. The second-order valence-electron chi connectivity index (χ2n) is 16.7. The van der Waals surface area contributed by atoms with Gasteiger partial charge in [0.2, 0.25) is 0 Å². The van der Waals surface area contributed by atoms with Crippen molar-refractivity contribution in [2.24, 2.45) is 97.1 Å². The van der Waals surface area contributed by atoms with Gasteiger partial charge in [-0.1, -0.05) is 96.9 Å². The van der Waals surface area contributed by atoms with E-state index in [1.54, 1.807) is 0 Å². The van der Waals surface area contributed by atoms with Crippen LogP contribution in [-0.2, 0) is 0 Å². The molecule has 0 nitrogen and oxygen atoms in total. The molecule has 0 radical (unpaired) electrons. The lowest BCUT2D eigenvalue weighted by atomic mass is 9.03. The molecule has 6 aliphatic carbocycles. The monoisotopic (exact) mass is 452 g/mol. The fourth-order valence-electron chi connectivity index (χ4n) is 15.8. The molecule has 0 amide bonds. The van der Waals surface area contributed by atoms with Crippen LogP contribution in [0.25, 0.3) is 0 Å². The number of fused-ring (bicyclic) bond motifs is 12. The Hall–Kier alpha value is 0. The van der Waals surface area contributed by atoms with Crippen molar-refractivity contribution in [3.63, 3.8) is 0 Å². The zero-order valence-corrected chi connectivity index (χ0v) is 24.7. The highest BCUT2D eigenvalue weighted by atomic mass is 15.0. The molecule has 0 N–H and O–H groups in total. The predicted octanol–water partition coefficient (Wildman–Crippen LogP) is 9.19. The van der Waals surface area contributed by atoms with Gasteiger partial charge in [-0.3, -0.25) is 0 Å². The molecule has 0 spiro atoms. The molecule has 0 aromatic carbocycles. The van der Waals surface area contributed by atoms with Crippen molar-refractivity contribution in [1.82, 2.24) is 0 Å². The van der Waals surface area contributed by atoms with Crippen molar-refractivity contribution in [3.8, 4) is 0 Å². The Morgan fingerprint density at radius 3 is 1.64 bits per heavy atom. The summed E-state index contributed by atoms with van der Waals surface area (Å²) in [5, 5.41) is 0. The highest BCUT2D eigenvalue weighted by molar-refractivity contribution is 5.46. The van der Waals surface area contributed by atoms with Gasteiger partial charge in [-0.15, -0.1) is 0 Å². The van der Waals surface area contributed by atoms with E-state index in [1.807, 2.05) is 0 Å². The second-order valence-corrected chi connectivity index (χ2v) is 16.7. The summed E-state index contributed by atoms with van der Waals surface area (Å²) < 4.78 is 0.